The van der Waals surface area contributed by atoms with Crippen LogP contribution >= 0.6 is 0 Å². The number of ether oxygens (including phenoxy) is 1. The Kier molecular flexibility index (Phi) is 4.53. The molecule has 0 amide bonds. The highest BCUT2D eigenvalue weighted by atomic mass is 16.5. The van der Waals surface area contributed by atoms with Crippen LogP contribution in [0.3, 0.4) is 0 Å². The third kappa shape index (κ3) is 3.54. The van der Waals surface area contributed by atoms with Gasteiger partial charge >= 0.3 is 0 Å². The van der Waals surface area contributed by atoms with Crippen LogP contribution in [0.5, 0.6) is 0 Å². The molecule has 2 rings (SSSR count). The Morgan fingerprint density at radius 2 is 1.94 bits per heavy atom. The maximum atomic E-state index is 9.05. The van der Waals surface area contributed by atoms with Crippen LogP contribution < -0.4 is 0 Å². The molecular weight excluding hydrogens is 216 g/mol. The van der Waals surface area contributed by atoms with Crippen molar-refractivity contribution in [2.24, 2.45) is 5.16 Å². The van der Waals surface area contributed by atoms with Crippen molar-refractivity contribution in [2.45, 2.75) is 6.42 Å². The first-order valence-electron chi connectivity index (χ1n) is 5.96. The van der Waals surface area contributed by atoms with Crippen LogP contribution in [0.4, 0.5) is 0 Å². The zero-order valence-electron chi connectivity index (χ0n) is 9.88. The number of oxime groups is 1. The minimum atomic E-state index is 0.747. The monoisotopic (exact) mass is 234 g/mol. The van der Waals surface area contributed by atoms with Crippen molar-refractivity contribution in [3.05, 3.63) is 35.9 Å². The maximum Gasteiger partial charge on any atom is 0.0880 e. The van der Waals surface area contributed by atoms with E-state index in [1.54, 1.807) is 0 Å². The van der Waals surface area contributed by atoms with Crippen molar-refractivity contribution < 1.29 is 9.94 Å². The predicted molar refractivity (Wildman–Crippen MR) is 66.6 cm³/mol. The molecule has 0 bridgehead atoms. The molecule has 4 heteroatoms. The number of benzene rings is 1. The fourth-order valence-corrected chi connectivity index (χ4v) is 1.97. The fraction of sp³-hybridized carbons (Fsp3) is 0.462. The molecule has 92 valence electrons. The standard InChI is InChI=1S/C13H18N2O2/c16-14-13(12-4-2-1-3-5-12)6-7-15-8-10-17-11-9-15/h1-5,16H,6-11H2/b14-13-. The highest BCUT2D eigenvalue weighted by Gasteiger charge is 2.12. The summed E-state index contributed by atoms with van der Waals surface area (Å²) in [6.07, 6.45) is 0.764. The quantitative estimate of drug-likeness (QED) is 0.489. The minimum Gasteiger partial charge on any atom is -0.411 e. The van der Waals surface area contributed by atoms with Crippen molar-refractivity contribution in [3.63, 3.8) is 0 Å². The van der Waals surface area contributed by atoms with Gasteiger partial charge in [0.1, 0.15) is 0 Å². The second-order valence-corrected chi connectivity index (χ2v) is 4.12. The van der Waals surface area contributed by atoms with E-state index in [4.69, 9.17) is 9.94 Å². The molecule has 1 saturated heterocycles. The van der Waals surface area contributed by atoms with Gasteiger partial charge in [0.15, 0.2) is 0 Å². The lowest BCUT2D eigenvalue weighted by molar-refractivity contribution is 0.0391. The van der Waals surface area contributed by atoms with Gasteiger partial charge in [0.2, 0.25) is 0 Å². The summed E-state index contributed by atoms with van der Waals surface area (Å²) in [7, 11) is 0. The first-order valence-corrected chi connectivity index (χ1v) is 5.96. The zero-order valence-corrected chi connectivity index (χ0v) is 9.88. The molecular formula is C13H18N2O2. The van der Waals surface area contributed by atoms with Crippen LogP contribution in [-0.2, 0) is 4.74 Å². The van der Waals surface area contributed by atoms with Gasteiger partial charge in [-0.15, -0.1) is 0 Å². The molecule has 17 heavy (non-hydrogen) atoms. The van der Waals surface area contributed by atoms with Crippen LogP contribution in [0.2, 0.25) is 0 Å². The van der Waals surface area contributed by atoms with Crippen molar-refractivity contribution in [3.8, 4) is 0 Å². The van der Waals surface area contributed by atoms with E-state index < -0.39 is 0 Å². The molecule has 0 aliphatic carbocycles. The van der Waals surface area contributed by atoms with Crippen LogP contribution in [0.1, 0.15) is 12.0 Å². The van der Waals surface area contributed by atoms with E-state index in [1.807, 2.05) is 30.3 Å². The van der Waals surface area contributed by atoms with Gasteiger partial charge in [0, 0.05) is 26.1 Å². The number of hydrogen-bond donors (Lipinski definition) is 1. The Morgan fingerprint density at radius 3 is 2.59 bits per heavy atom. The molecule has 0 atom stereocenters. The van der Waals surface area contributed by atoms with Gasteiger partial charge in [0.05, 0.1) is 18.9 Å². The summed E-state index contributed by atoms with van der Waals surface area (Å²) < 4.78 is 5.30. The molecule has 0 aromatic heterocycles. The molecule has 0 radical (unpaired) electrons. The lowest BCUT2D eigenvalue weighted by atomic mass is 10.1. The third-order valence-corrected chi connectivity index (χ3v) is 3.00. The SMILES string of the molecule is O/N=C(/CCN1CCOCC1)c1ccccc1. The van der Waals surface area contributed by atoms with Crippen LogP contribution in [0.15, 0.2) is 35.5 Å². The van der Waals surface area contributed by atoms with E-state index in [0.717, 1.165) is 50.5 Å². The van der Waals surface area contributed by atoms with Crippen LogP contribution in [0.25, 0.3) is 0 Å². The van der Waals surface area contributed by atoms with Gasteiger partial charge in [-0.2, -0.15) is 0 Å². The van der Waals surface area contributed by atoms with Crippen LogP contribution in [0, 0.1) is 0 Å². The van der Waals surface area contributed by atoms with Gasteiger partial charge in [0.25, 0.3) is 0 Å². The molecule has 1 heterocycles. The lowest BCUT2D eigenvalue weighted by Gasteiger charge is -2.26. The Labute approximate surface area is 101 Å². The summed E-state index contributed by atoms with van der Waals surface area (Å²) in [6.45, 7) is 4.45. The van der Waals surface area contributed by atoms with Gasteiger partial charge in [-0.05, 0) is 5.56 Å². The Bertz CT molecular complexity index is 359. The van der Waals surface area contributed by atoms with E-state index in [0.29, 0.717) is 0 Å². The molecule has 1 aromatic carbocycles. The molecule has 1 aliphatic rings. The highest BCUT2D eigenvalue weighted by Crippen LogP contribution is 2.06. The van der Waals surface area contributed by atoms with E-state index in [1.165, 1.54) is 0 Å². The van der Waals surface area contributed by atoms with E-state index in [2.05, 4.69) is 10.1 Å². The zero-order chi connectivity index (χ0) is 11.9. The highest BCUT2D eigenvalue weighted by molar-refractivity contribution is 6.00. The van der Waals surface area contributed by atoms with Gasteiger partial charge in [-0.1, -0.05) is 35.5 Å². The molecule has 1 aliphatic heterocycles. The van der Waals surface area contributed by atoms with Gasteiger partial charge < -0.3 is 9.94 Å². The van der Waals surface area contributed by atoms with Gasteiger partial charge in [-0.3, -0.25) is 4.90 Å². The topological polar surface area (TPSA) is 45.1 Å². The smallest absolute Gasteiger partial charge is 0.0880 e. The second-order valence-electron chi connectivity index (χ2n) is 4.12. The summed E-state index contributed by atoms with van der Waals surface area (Å²) in [5, 5.41) is 12.5. The summed E-state index contributed by atoms with van der Waals surface area (Å²) in [6, 6.07) is 9.80. The average molecular weight is 234 g/mol. The predicted octanol–water partition coefficient (Wildman–Crippen LogP) is 1.59. The average Bonchev–Trinajstić information content (AvgIpc) is 2.42. The molecule has 0 spiro atoms. The van der Waals surface area contributed by atoms with E-state index in [9.17, 15) is 0 Å². The number of hydrogen-bond acceptors (Lipinski definition) is 4. The molecule has 0 unspecified atom stereocenters. The maximum absolute atomic E-state index is 9.05. The van der Waals surface area contributed by atoms with Crippen molar-refractivity contribution in [1.82, 2.24) is 4.90 Å². The van der Waals surface area contributed by atoms with Crippen molar-refractivity contribution in [2.75, 3.05) is 32.8 Å². The normalized spacial score (nSPS) is 18.2. The first-order chi connectivity index (χ1) is 8.40. The van der Waals surface area contributed by atoms with Gasteiger partial charge in [-0.25, -0.2) is 0 Å². The Hall–Kier alpha value is -1.39. The lowest BCUT2D eigenvalue weighted by Crippen LogP contribution is -2.37. The second kappa shape index (κ2) is 6.37. The minimum absolute atomic E-state index is 0.747. The fourth-order valence-electron chi connectivity index (χ4n) is 1.97. The summed E-state index contributed by atoms with van der Waals surface area (Å²) in [5.41, 5.74) is 1.74. The van der Waals surface area contributed by atoms with Crippen molar-refractivity contribution >= 4 is 5.71 Å². The van der Waals surface area contributed by atoms with Crippen LogP contribution in [-0.4, -0.2) is 48.7 Å². The molecule has 1 fully saturated rings. The Morgan fingerprint density at radius 1 is 1.24 bits per heavy atom. The van der Waals surface area contributed by atoms with E-state index in [-0.39, 0.29) is 0 Å². The third-order valence-electron chi connectivity index (χ3n) is 3.00. The summed E-state index contributed by atoms with van der Waals surface area (Å²) >= 11 is 0. The molecule has 1 aromatic rings. The van der Waals surface area contributed by atoms with E-state index >= 15 is 0 Å². The summed E-state index contributed by atoms with van der Waals surface area (Å²) in [4.78, 5) is 2.33. The molecule has 0 saturated carbocycles. The number of rotatable bonds is 4. The molecule has 4 nitrogen and oxygen atoms in total. The number of nitrogens with zero attached hydrogens (tertiary/aromatic N) is 2. The molecule has 1 N–H and O–H groups in total. The summed E-state index contributed by atoms with van der Waals surface area (Å²) in [5.74, 6) is 0. The van der Waals surface area contributed by atoms with Crippen molar-refractivity contribution in [1.29, 1.82) is 0 Å². The largest absolute Gasteiger partial charge is 0.411 e. The first kappa shape index (κ1) is 12.1. The number of morpholine rings is 1. The Balaban J connectivity index is 1.88.